The second-order valence-electron chi connectivity index (χ2n) is 7.45. The first kappa shape index (κ1) is 20.2. The van der Waals surface area contributed by atoms with Crippen LogP contribution in [-0.2, 0) is 12.8 Å². The third-order valence-electron chi connectivity index (χ3n) is 5.34. The van der Waals surface area contributed by atoms with E-state index in [1.54, 1.807) is 18.8 Å². The molecule has 1 aromatic heterocycles. The van der Waals surface area contributed by atoms with Crippen molar-refractivity contribution in [3.63, 3.8) is 0 Å². The average molecular weight is 417 g/mol. The van der Waals surface area contributed by atoms with Crippen LogP contribution >= 0.6 is 11.8 Å². The van der Waals surface area contributed by atoms with E-state index in [-0.39, 0.29) is 5.69 Å². The van der Waals surface area contributed by atoms with Crippen LogP contribution in [0.5, 0.6) is 0 Å². The zero-order valence-corrected chi connectivity index (χ0v) is 18.4. The van der Waals surface area contributed by atoms with Crippen molar-refractivity contribution in [2.45, 2.75) is 31.4 Å². The van der Waals surface area contributed by atoms with Gasteiger partial charge in [-0.05, 0) is 76.7 Å². The van der Waals surface area contributed by atoms with E-state index in [1.807, 2.05) is 12.1 Å². The van der Waals surface area contributed by atoms with Gasteiger partial charge >= 0.3 is 5.69 Å². The van der Waals surface area contributed by atoms with Gasteiger partial charge in [-0.2, -0.15) is 9.36 Å². The SMILES string of the molecule is Cc1cc(-c2ccccc2C)ccc1SCc1c(C)cccc1-n1nnn(C)c1=O. The van der Waals surface area contributed by atoms with Crippen LogP contribution in [0.4, 0.5) is 0 Å². The third-order valence-corrected chi connectivity index (χ3v) is 6.54. The fraction of sp³-hybridized carbons (Fsp3) is 0.208. The third kappa shape index (κ3) is 3.83. The van der Waals surface area contributed by atoms with Gasteiger partial charge in [0.1, 0.15) is 0 Å². The summed E-state index contributed by atoms with van der Waals surface area (Å²) in [6.07, 6.45) is 0. The maximum Gasteiger partial charge on any atom is 0.368 e. The van der Waals surface area contributed by atoms with Crippen molar-refractivity contribution in [2.75, 3.05) is 0 Å². The quantitative estimate of drug-likeness (QED) is 0.437. The summed E-state index contributed by atoms with van der Waals surface area (Å²) in [7, 11) is 1.61. The van der Waals surface area contributed by atoms with Crippen LogP contribution in [0.15, 0.2) is 70.4 Å². The van der Waals surface area contributed by atoms with Gasteiger partial charge in [-0.3, -0.25) is 0 Å². The summed E-state index contributed by atoms with van der Waals surface area (Å²) in [6.45, 7) is 6.35. The van der Waals surface area contributed by atoms with Crippen LogP contribution in [0.25, 0.3) is 16.8 Å². The molecule has 0 N–H and O–H groups in total. The first-order valence-electron chi connectivity index (χ1n) is 9.83. The molecule has 0 amide bonds. The highest BCUT2D eigenvalue weighted by molar-refractivity contribution is 7.98. The van der Waals surface area contributed by atoms with Crippen molar-refractivity contribution >= 4 is 11.8 Å². The molecule has 152 valence electrons. The lowest BCUT2D eigenvalue weighted by molar-refractivity contribution is 0.692. The molecule has 4 rings (SSSR count). The standard InChI is InChI=1S/C24H24N4OS/c1-16-8-5-6-10-20(16)19-12-13-23(18(3)14-19)30-15-21-17(2)9-7-11-22(21)28-24(29)27(4)25-26-28/h5-14H,15H2,1-4H3. The Hall–Kier alpha value is -3.12. The molecule has 0 saturated carbocycles. The van der Waals surface area contributed by atoms with Gasteiger partial charge in [-0.15, -0.1) is 11.8 Å². The minimum absolute atomic E-state index is 0.245. The summed E-state index contributed by atoms with van der Waals surface area (Å²) in [5.41, 5.74) is 7.78. The smallest absolute Gasteiger partial charge is 0.244 e. The van der Waals surface area contributed by atoms with Gasteiger partial charge in [0, 0.05) is 17.7 Å². The molecule has 0 fully saturated rings. The summed E-state index contributed by atoms with van der Waals surface area (Å²) in [5.74, 6) is 0.746. The van der Waals surface area contributed by atoms with Crippen molar-refractivity contribution in [3.05, 3.63) is 93.4 Å². The molecule has 30 heavy (non-hydrogen) atoms. The van der Waals surface area contributed by atoms with Gasteiger partial charge in [0.15, 0.2) is 0 Å². The highest BCUT2D eigenvalue weighted by atomic mass is 32.2. The van der Waals surface area contributed by atoms with Gasteiger partial charge in [0.05, 0.1) is 5.69 Å². The van der Waals surface area contributed by atoms with Gasteiger partial charge in [0.2, 0.25) is 0 Å². The van der Waals surface area contributed by atoms with Crippen molar-refractivity contribution in [1.82, 2.24) is 19.8 Å². The summed E-state index contributed by atoms with van der Waals surface area (Å²) >= 11 is 1.77. The van der Waals surface area contributed by atoms with Gasteiger partial charge in [-0.1, -0.05) is 48.5 Å². The maximum absolute atomic E-state index is 12.4. The van der Waals surface area contributed by atoms with Crippen molar-refractivity contribution in [1.29, 1.82) is 0 Å². The number of tetrazole rings is 1. The minimum Gasteiger partial charge on any atom is -0.244 e. The van der Waals surface area contributed by atoms with Gasteiger partial charge in [0.25, 0.3) is 0 Å². The lowest BCUT2D eigenvalue weighted by Crippen LogP contribution is -2.23. The number of aryl methyl sites for hydroxylation is 4. The van der Waals surface area contributed by atoms with Crippen LogP contribution in [0, 0.1) is 20.8 Å². The number of aromatic nitrogens is 4. The Morgan fingerprint density at radius 2 is 1.63 bits per heavy atom. The highest BCUT2D eigenvalue weighted by Gasteiger charge is 2.14. The molecule has 0 aliphatic carbocycles. The molecule has 5 nitrogen and oxygen atoms in total. The first-order valence-corrected chi connectivity index (χ1v) is 10.8. The lowest BCUT2D eigenvalue weighted by Gasteiger charge is -2.13. The van der Waals surface area contributed by atoms with E-state index in [0.717, 1.165) is 22.6 Å². The summed E-state index contributed by atoms with van der Waals surface area (Å²) < 4.78 is 2.62. The Balaban J connectivity index is 1.62. The van der Waals surface area contributed by atoms with Gasteiger partial charge in [-0.25, -0.2) is 4.79 Å². The second-order valence-corrected chi connectivity index (χ2v) is 8.47. The van der Waals surface area contributed by atoms with Crippen LogP contribution in [0.3, 0.4) is 0 Å². The van der Waals surface area contributed by atoms with Crippen molar-refractivity contribution in [2.24, 2.45) is 7.05 Å². The lowest BCUT2D eigenvalue weighted by atomic mass is 9.99. The van der Waals surface area contributed by atoms with Crippen LogP contribution < -0.4 is 5.69 Å². The van der Waals surface area contributed by atoms with E-state index in [1.165, 1.54) is 36.5 Å². The Morgan fingerprint density at radius 3 is 2.33 bits per heavy atom. The molecule has 0 saturated heterocycles. The fourth-order valence-electron chi connectivity index (χ4n) is 3.56. The Bertz CT molecular complexity index is 1270. The topological polar surface area (TPSA) is 52.7 Å². The molecule has 0 spiro atoms. The number of nitrogens with zero attached hydrogens (tertiary/aromatic N) is 4. The Morgan fingerprint density at radius 1 is 0.867 bits per heavy atom. The monoisotopic (exact) mass is 416 g/mol. The predicted molar refractivity (Wildman–Crippen MR) is 122 cm³/mol. The molecule has 0 bridgehead atoms. The van der Waals surface area contributed by atoms with E-state index in [0.29, 0.717) is 0 Å². The Kier molecular flexibility index (Phi) is 5.59. The summed E-state index contributed by atoms with van der Waals surface area (Å²) in [6, 6.07) is 21.0. The van der Waals surface area contributed by atoms with Gasteiger partial charge < -0.3 is 0 Å². The van der Waals surface area contributed by atoms with E-state index in [9.17, 15) is 4.79 Å². The largest absolute Gasteiger partial charge is 0.368 e. The summed E-state index contributed by atoms with van der Waals surface area (Å²) in [5, 5.41) is 7.87. The first-order chi connectivity index (χ1) is 14.5. The van der Waals surface area contributed by atoms with Crippen molar-refractivity contribution < 1.29 is 0 Å². The highest BCUT2D eigenvalue weighted by Crippen LogP contribution is 2.33. The van der Waals surface area contributed by atoms with E-state index >= 15 is 0 Å². The average Bonchev–Trinajstić information content (AvgIpc) is 3.06. The van der Waals surface area contributed by atoms with Crippen LogP contribution in [-0.4, -0.2) is 19.8 Å². The fourth-order valence-corrected chi connectivity index (χ4v) is 4.69. The van der Waals surface area contributed by atoms with Crippen LogP contribution in [0.2, 0.25) is 0 Å². The molecule has 0 aliphatic rings. The van der Waals surface area contributed by atoms with E-state index < -0.39 is 0 Å². The molecule has 0 atom stereocenters. The van der Waals surface area contributed by atoms with Crippen LogP contribution in [0.1, 0.15) is 22.3 Å². The predicted octanol–water partition coefficient (Wildman–Crippen LogP) is 4.85. The Labute approximate surface area is 180 Å². The molecule has 6 heteroatoms. The number of hydrogen-bond acceptors (Lipinski definition) is 4. The maximum atomic E-state index is 12.4. The molecule has 0 radical (unpaired) electrons. The number of thioether (sulfide) groups is 1. The minimum atomic E-state index is -0.245. The van der Waals surface area contributed by atoms with Crippen molar-refractivity contribution in [3.8, 4) is 16.8 Å². The number of hydrogen-bond donors (Lipinski definition) is 0. The molecule has 0 aliphatic heterocycles. The van der Waals surface area contributed by atoms with E-state index in [2.05, 4.69) is 79.7 Å². The second kappa shape index (κ2) is 8.32. The molecule has 0 unspecified atom stereocenters. The van der Waals surface area contributed by atoms with E-state index in [4.69, 9.17) is 0 Å². The molecular formula is C24H24N4OS. The molecule has 1 heterocycles. The molecule has 3 aromatic carbocycles. The summed E-state index contributed by atoms with van der Waals surface area (Å²) in [4.78, 5) is 13.6. The normalized spacial score (nSPS) is 11.1. The zero-order chi connectivity index (χ0) is 21.3. The zero-order valence-electron chi connectivity index (χ0n) is 17.6. The molecular weight excluding hydrogens is 392 g/mol. The molecule has 4 aromatic rings. The number of benzene rings is 3. The number of rotatable bonds is 5.